The number of likely N-dealkylation sites (N-methyl/N-ethyl adjacent to an activating group) is 1. The highest BCUT2D eigenvalue weighted by Crippen LogP contribution is 2.28. The van der Waals surface area contributed by atoms with E-state index < -0.39 is 17.6 Å². The van der Waals surface area contributed by atoms with Gasteiger partial charge in [-0.15, -0.1) is 12.4 Å². The summed E-state index contributed by atoms with van der Waals surface area (Å²) in [7, 11) is 1.87. The number of anilines is 1. The zero-order valence-corrected chi connectivity index (χ0v) is 14.8. The molecule has 2 saturated heterocycles. The number of benzene rings is 1. The largest absolute Gasteiger partial charge is 0.340 e. The minimum Gasteiger partial charge on any atom is -0.340 e. The maximum atomic E-state index is 13.4. The molecular formula is C17H22ClF2N3O2. The van der Waals surface area contributed by atoms with Crippen LogP contribution in [0.1, 0.15) is 19.3 Å². The normalized spacial score (nSPS) is 23.6. The molecule has 2 atom stereocenters. The fourth-order valence-electron chi connectivity index (χ4n) is 3.45. The Labute approximate surface area is 151 Å². The molecule has 0 saturated carbocycles. The molecule has 8 heteroatoms. The number of carbonyl (C=O) groups excluding carboxylic acids is 2. The summed E-state index contributed by atoms with van der Waals surface area (Å²) in [4.78, 5) is 28.4. The highest BCUT2D eigenvalue weighted by atomic mass is 35.5. The predicted octanol–water partition coefficient (Wildman–Crippen LogP) is 1.95. The van der Waals surface area contributed by atoms with Crippen molar-refractivity contribution in [3.8, 4) is 0 Å². The summed E-state index contributed by atoms with van der Waals surface area (Å²) in [5.41, 5.74) is 0.293. The van der Waals surface area contributed by atoms with E-state index in [1.54, 1.807) is 4.90 Å². The van der Waals surface area contributed by atoms with E-state index in [1.807, 2.05) is 7.05 Å². The molecule has 5 nitrogen and oxygen atoms in total. The van der Waals surface area contributed by atoms with Crippen LogP contribution in [-0.2, 0) is 9.59 Å². The Kier molecular flexibility index (Phi) is 6.35. The minimum absolute atomic E-state index is 0. The highest BCUT2D eigenvalue weighted by molar-refractivity contribution is 6.09. The molecule has 2 fully saturated rings. The number of carbonyl (C=O) groups is 2. The SMILES string of the molecule is CNC1CCCN(C(=O)C2CCN(c3ccc(F)c(F)c3)C2=O)C1.Cl. The fourth-order valence-corrected chi connectivity index (χ4v) is 3.45. The third-order valence-corrected chi connectivity index (χ3v) is 4.86. The number of hydrogen-bond acceptors (Lipinski definition) is 3. The molecule has 0 radical (unpaired) electrons. The number of hydrogen-bond donors (Lipinski definition) is 1. The van der Waals surface area contributed by atoms with Crippen LogP contribution in [0.4, 0.5) is 14.5 Å². The number of amides is 2. The van der Waals surface area contributed by atoms with E-state index in [0.717, 1.165) is 25.0 Å². The molecule has 138 valence electrons. The van der Waals surface area contributed by atoms with Gasteiger partial charge in [0.05, 0.1) is 0 Å². The second-order valence-corrected chi connectivity index (χ2v) is 6.34. The number of piperidine rings is 1. The third-order valence-electron chi connectivity index (χ3n) is 4.86. The van der Waals surface area contributed by atoms with Gasteiger partial charge < -0.3 is 15.1 Å². The van der Waals surface area contributed by atoms with Gasteiger partial charge >= 0.3 is 0 Å². The molecule has 2 unspecified atom stereocenters. The van der Waals surface area contributed by atoms with Gasteiger partial charge in [-0.05, 0) is 38.4 Å². The second-order valence-electron chi connectivity index (χ2n) is 6.34. The van der Waals surface area contributed by atoms with Crippen LogP contribution < -0.4 is 10.2 Å². The summed E-state index contributed by atoms with van der Waals surface area (Å²) in [5, 5.41) is 3.17. The number of rotatable bonds is 3. The van der Waals surface area contributed by atoms with E-state index in [9.17, 15) is 18.4 Å². The number of nitrogens with zero attached hydrogens (tertiary/aromatic N) is 2. The smallest absolute Gasteiger partial charge is 0.239 e. The van der Waals surface area contributed by atoms with Crippen molar-refractivity contribution in [1.82, 2.24) is 10.2 Å². The van der Waals surface area contributed by atoms with Crippen molar-refractivity contribution in [3.05, 3.63) is 29.8 Å². The standard InChI is InChI=1S/C17H21F2N3O2.ClH/c1-20-11-3-2-7-21(10-11)16(23)13-6-8-22(17(13)24)12-4-5-14(18)15(19)9-12;/h4-5,9,11,13,20H,2-3,6-8,10H2,1H3;1H. The fraction of sp³-hybridized carbons (Fsp3) is 0.529. The highest BCUT2D eigenvalue weighted by Gasteiger charge is 2.40. The molecule has 2 aliphatic rings. The van der Waals surface area contributed by atoms with Crippen LogP contribution in [-0.4, -0.2) is 49.4 Å². The van der Waals surface area contributed by atoms with Crippen molar-refractivity contribution in [2.24, 2.45) is 5.92 Å². The Balaban J connectivity index is 0.00000225. The maximum absolute atomic E-state index is 13.4. The molecule has 0 aromatic heterocycles. The van der Waals surface area contributed by atoms with Crippen molar-refractivity contribution >= 4 is 29.9 Å². The quantitative estimate of drug-likeness (QED) is 0.824. The van der Waals surface area contributed by atoms with Crippen LogP contribution in [0.15, 0.2) is 18.2 Å². The molecule has 0 bridgehead atoms. The average molecular weight is 374 g/mol. The van der Waals surface area contributed by atoms with Crippen LogP contribution in [0.5, 0.6) is 0 Å². The Hall–Kier alpha value is -1.73. The van der Waals surface area contributed by atoms with Crippen LogP contribution in [0.3, 0.4) is 0 Å². The Morgan fingerprint density at radius 2 is 1.96 bits per heavy atom. The molecule has 25 heavy (non-hydrogen) atoms. The molecule has 1 aromatic rings. The summed E-state index contributed by atoms with van der Waals surface area (Å²) in [6.45, 7) is 1.60. The van der Waals surface area contributed by atoms with Gasteiger partial charge in [-0.3, -0.25) is 9.59 Å². The van der Waals surface area contributed by atoms with E-state index in [2.05, 4.69) is 5.32 Å². The van der Waals surface area contributed by atoms with Crippen molar-refractivity contribution in [1.29, 1.82) is 0 Å². The number of likely N-dealkylation sites (tertiary alicyclic amines) is 1. The monoisotopic (exact) mass is 373 g/mol. The molecule has 1 N–H and O–H groups in total. The van der Waals surface area contributed by atoms with E-state index in [0.29, 0.717) is 31.7 Å². The molecule has 2 heterocycles. The van der Waals surface area contributed by atoms with Gasteiger partial charge in [-0.25, -0.2) is 8.78 Å². The van der Waals surface area contributed by atoms with Gasteiger partial charge in [0.25, 0.3) is 0 Å². The second kappa shape index (κ2) is 8.10. The summed E-state index contributed by atoms with van der Waals surface area (Å²) in [6, 6.07) is 3.61. The Morgan fingerprint density at radius 3 is 2.64 bits per heavy atom. The first-order valence-electron chi connectivity index (χ1n) is 8.23. The molecule has 1 aromatic carbocycles. The van der Waals surface area contributed by atoms with Gasteiger partial charge in [0.2, 0.25) is 11.8 Å². The summed E-state index contributed by atoms with van der Waals surface area (Å²) >= 11 is 0. The van der Waals surface area contributed by atoms with Gasteiger partial charge in [0.15, 0.2) is 11.6 Å². The first-order chi connectivity index (χ1) is 11.5. The van der Waals surface area contributed by atoms with E-state index in [-0.39, 0.29) is 30.3 Å². The lowest BCUT2D eigenvalue weighted by molar-refractivity contribution is -0.140. The van der Waals surface area contributed by atoms with E-state index in [4.69, 9.17) is 0 Å². The van der Waals surface area contributed by atoms with Crippen LogP contribution in [0.2, 0.25) is 0 Å². The first kappa shape index (κ1) is 19.6. The molecule has 0 aliphatic carbocycles. The molecular weight excluding hydrogens is 352 g/mol. The zero-order chi connectivity index (χ0) is 17.3. The molecule has 3 rings (SSSR count). The lowest BCUT2D eigenvalue weighted by Crippen LogP contribution is -2.49. The van der Waals surface area contributed by atoms with Gasteiger partial charge in [-0.2, -0.15) is 0 Å². The summed E-state index contributed by atoms with van der Waals surface area (Å²) in [6.07, 6.45) is 2.32. The first-order valence-corrected chi connectivity index (χ1v) is 8.23. The van der Waals surface area contributed by atoms with Crippen molar-refractivity contribution in [2.75, 3.05) is 31.6 Å². The Morgan fingerprint density at radius 1 is 1.20 bits per heavy atom. The lowest BCUT2D eigenvalue weighted by atomic mass is 10.0. The predicted molar refractivity (Wildman–Crippen MR) is 92.7 cm³/mol. The van der Waals surface area contributed by atoms with E-state index in [1.165, 1.54) is 11.0 Å². The average Bonchev–Trinajstić information content (AvgIpc) is 2.98. The zero-order valence-electron chi connectivity index (χ0n) is 14.0. The maximum Gasteiger partial charge on any atom is 0.239 e. The third kappa shape index (κ3) is 3.93. The number of nitrogens with one attached hydrogen (secondary N) is 1. The van der Waals surface area contributed by atoms with Crippen LogP contribution in [0.25, 0.3) is 0 Å². The number of halogens is 3. The van der Waals surface area contributed by atoms with Gasteiger partial charge in [0.1, 0.15) is 5.92 Å². The Bertz CT molecular complexity index is 659. The van der Waals surface area contributed by atoms with Crippen molar-refractivity contribution in [3.63, 3.8) is 0 Å². The van der Waals surface area contributed by atoms with Crippen molar-refractivity contribution in [2.45, 2.75) is 25.3 Å². The molecule has 2 aliphatic heterocycles. The topological polar surface area (TPSA) is 52.7 Å². The van der Waals surface area contributed by atoms with Crippen LogP contribution >= 0.6 is 12.4 Å². The molecule has 0 spiro atoms. The van der Waals surface area contributed by atoms with Gasteiger partial charge in [0, 0.05) is 37.4 Å². The van der Waals surface area contributed by atoms with E-state index >= 15 is 0 Å². The lowest BCUT2D eigenvalue weighted by Gasteiger charge is -2.33. The van der Waals surface area contributed by atoms with Crippen LogP contribution in [0, 0.1) is 17.6 Å². The summed E-state index contributed by atoms with van der Waals surface area (Å²) in [5.74, 6) is -3.18. The van der Waals surface area contributed by atoms with Gasteiger partial charge in [-0.1, -0.05) is 0 Å². The minimum atomic E-state index is -0.997. The molecule has 2 amide bonds. The van der Waals surface area contributed by atoms with Crippen molar-refractivity contribution < 1.29 is 18.4 Å². The summed E-state index contributed by atoms with van der Waals surface area (Å²) < 4.78 is 26.4.